The highest BCUT2D eigenvalue weighted by Gasteiger charge is 2.47. The van der Waals surface area contributed by atoms with E-state index in [0.29, 0.717) is 0 Å². The second-order valence-electron chi connectivity index (χ2n) is 3.50. The van der Waals surface area contributed by atoms with Crippen molar-refractivity contribution >= 4 is 0 Å². The highest BCUT2D eigenvalue weighted by Crippen LogP contribution is 2.42. The molecule has 0 aromatic heterocycles. The van der Waals surface area contributed by atoms with Crippen LogP contribution in [0.3, 0.4) is 0 Å². The van der Waals surface area contributed by atoms with E-state index >= 15 is 0 Å². The minimum Gasteiger partial charge on any atom is -0.387 e. The summed E-state index contributed by atoms with van der Waals surface area (Å²) in [6.45, 7) is 1.27. The maximum absolute atomic E-state index is 12.8. The van der Waals surface area contributed by atoms with Crippen molar-refractivity contribution in [1.29, 1.82) is 0 Å². The lowest BCUT2D eigenvalue weighted by atomic mass is 9.79. The maximum Gasteiger partial charge on any atom is 0.251 e. The summed E-state index contributed by atoms with van der Waals surface area (Å²) in [4.78, 5) is 0. The second-order valence-corrected chi connectivity index (χ2v) is 3.50. The lowest BCUT2D eigenvalue weighted by Crippen LogP contribution is -2.44. The Morgan fingerprint density at radius 2 is 1.92 bits per heavy atom. The fraction of sp³-hybridized carbons (Fsp3) is 0.875. The van der Waals surface area contributed by atoms with E-state index < -0.39 is 17.9 Å². The van der Waals surface area contributed by atoms with Gasteiger partial charge in [-0.2, -0.15) is 0 Å². The molecule has 0 heterocycles. The first-order chi connectivity index (χ1) is 5.36. The number of hydrogen-bond acceptors (Lipinski definition) is 2. The predicted octanol–water partition coefficient (Wildman–Crippen LogP) is 1.85. The van der Waals surface area contributed by atoms with E-state index in [1.807, 2.05) is 0 Å². The Labute approximate surface area is 70.2 Å². The van der Waals surface area contributed by atoms with Gasteiger partial charge in [0.25, 0.3) is 5.92 Å². The van der Waals surface area contributed by atoms with E-state index in [1.54, 1.807) is 0 Å². The molecule has 1 saturated carbocycles. The van der Waals surface area contributed by atoms with Crippen molar-refractivity contribution in [3.63, 3.8) is 0 Å². The summed E-state index contributed by atoms with van der Waals surface area (Å²) in [6, 6.07) is 0. The van der Waals surface area contributed by atoms with E-state index in [0.717, 1.165) is 0 Å². The van der Waals surface area contributed by atoms with Crippen LogP contribution in [-0.2, 0) is 0 Å². The van der Waals surface area contributed by atoms with Crippen LogP contribution in [0.5, 0.6) is 0 Å². The third-order valence-electron chi connectivity index (χ3n) is 2.36. The Morgan fingerprint density at radius 1 is 1.33 bits per heavy atom. The van der Waals surface area contributed by atoms with Crippen LogP contribution in [-0.4, -0.2) is 21.7 Å². The van der Waals surface area contributed by atoms with E-state index in [-0.39, 0.29) is 25.4 Å². The average Bonchev–Trinajstić information content (AvgIpc) is 1.83. The first-order valence-electron chi connectivity index (χ1n) is 3.99. The molecule has 2 nitrogen and oxygen atoms in total. The molecule has 0 saturated heterocycles. The van der Waals surface area contributed by atoms with Gasteiger partial charge in [-0.3, -0.25) is 0 Å². The van der Waals surface area contributed by atoms with Gasteiger partial charge in [0.05, 0.1) is 0 Å². The molecule has 1 atom stereocenters. The monoisotopic (exact) mass is 179 g/mol. The van der Waals surface area contributed by atoms with Crippen LogP contribution in [0.15, 0.2) is 0 Å². The molecule has 1 aliphatic rings. The Morgan fingerprint density at radius 3 is 2.25 bits per heavy atom. The molecule has 0 bridgehead atoms. The standard InChI is InChI=1S/C8H13F2O2/c1-6(11)7(12)3-2-4-8(9,10)5-7/h11-12H,2-5H2,1H3. The van der Waals surface area contributed by atoms with Crippen molar-refractivity contribution in [2.75, 3.05) is 0 Å². The van der Waals surface area contributed by atoms with Gasteiger partial charge in [-0.05, 0) is 19.8 Å². The molecule has 1 radical (unpaired) electrons. The third-order valence-corrected chi connectivity index (χ3v) is 2.36. The van der Waals surface area contributed by atoms with Crippen LogP contribution in [0, 0.1) is 6.10 Å². The first-order valence-corrected chi connectivity index (χ1v) is 3.99. The van der Waals surface area contributed by atoms with E-state index in [2.05, 4.69) is 0 Å². The Kier molecular flexibility index (Phi) is 2.40. The number of aliphatic hydroxyl groups excluding tert-OH is 1. The fourth-order valence-electron chi connectivity index (χ4n) is 1.55. The smallest absolute Gasteiger partial charge is 0.251 e. The van der Waals surface area contributed by atoms with E-state index in [1.165, 1.54) is 6.92 Å². The zero-order valence-electron chi connectivity index (χ0n) is 6.98. The van der Waals surface area contributed by atoms with Crippen molar-refractivity contribution in [3.05, 3.63) is 6.10 Å². The third kappa shape index (κ3) is 1.93. The van der Waals surface area contributed by atoms with Crippen molar-refractivity contribution < 1.29 is 19.0 Å². The minimum absolute atomic E-state index is 0.192. The molecule has 1 unspecified atom stereocenters. The summed E-state index contributed by atoms with van der Waals surface area (Å²) in [5.74, 6) is -2.84. The highest BCUT2D eigenvalue weighted by atomic mass is 19.3. The van der Waals surface area contributed by atoms with Gasteiger partial charge in [0.2, 0.25) is 0 Å². The van der Waals surface area contributed by atoms with Crippen molar-refractivity contribution in [1.82, 2.24) is 0 Å². The molecule has 12 heavy (non-hydrogen) atoms. The lowest BCUT2D eigenvalue weighted by Gasteiger charge is -2.37. The van der Waals surface area contributed by atoms with Gasteiger partial charge < -0.3 is 10.2 Å². The molecular weight excluding hydrogens is 166 g/mol. The van der Waals surface area contributed by atoms with Gasteiger partial charge >= 0.3 is 0 Å². The largest absolute Gasteiger partial charge is 0.387 e. The zero-order valence-corrected chi connectivity index (χ0v) is 6.98. The van der Waals surface area contributed by atoms with Crippen LogP contribution < -0.4 is 0 Å². The normalized spacial score (nSPS) is 35.5. The minimum atomic E-state index is -2.84. The van der Waals surface area contributed by atoms with Crippen LogP contribution in [0.1, 0.15) is 32.6 Å². The molecule has 0 amide bonds. The van der Waals surface area contributed by atoms with E-state index in [4.69, 9.17) is 5.11 Å². The first kappa shape index (κ1) is 9.86. The molecule has 1 aliphatic carbocycles. The Balaban J connectivity index is 2.68. The second kappa shape index (κ2) is 2.92. The van der Waals surface area contributed by atoms with Crippen molar-refractivity contribution in [2.24, 2.45) is 0 Å². The van der Waals surface area contributed by atoms with Gasteiger partial charge in [0.1, 0.15) is 11.7 Å². The number of rotatable bonds is 1. The topological polar surface area (TPSA) is 40.5 Å². The SMILES string of the molecule is C[C](O)C1(O)CCCC(F)(F)C1. The molecule has 4 heteroatoms. The fourth-order valence-corrected chi connectivity index (χ4v) is 1.55. The molecule has 0 spiro atoms. The van der Waals surface area contributed by atoms with Gasteiger partial charge in [-0.15, -0.1) is 0 Å². The highest BCUT2D eigenvalue weighted by molar-refractivity contribution is 5.02. The summed E-state index contributed by atoms with van der Waals surface area (Å²) in [7, 11) is 0. The quantitative estimate of drug-likeness (QED) is 0.644. The molecule has 1 rings (SSSR count). The number of hydrogen-bond donors (Lipinski definition) is 2. The lowest BCUT2D eigenvalue weighted by molar-refractivity contribution is -0.135. The van der Waals surface area contributed by atoms with Gasteiger partial charge in [0.15, 0.2) is 0 Å². The van der Waals surface area contributed by atoms with Gasteiger partial charge in [-0.25, -0.2) is 8.78 Å². The summed E-state index contributed by atoms with van der Waals surface area (Å²) in [5, 5.41) is 18.5. The maximum atomic E-state index is 12.8. The molecule has 2 N–H and O–H groups in total. The predicted molar refractivity (Wildman–Crippen MR) is 39.2 cm³/mol. The Hall–Kier alpha value is -0.220. The summed E-state index contributed by atoms with van der Waals surface area (Å²) < 4.78 is 25.6. The molecule has 0 aromatic carbocycles. The van der Waals surface area contributed by atoms with Gasteiger partial charge in [0, 0.05) is 12.8 Å². The summed E-state index contributed by atoms with van der Waals surface area (Å²) >= 11 is 0. The molecule has 71 valence electrons. The summed E-state index contributed by atoms with van der Waals surface area (Å²) in [5.41, 5.74) is -1.66. The van der Waals surface area contributed by atoms with Crippen LogP contribution in [0.25, 0.3) is 0 Å². The van der Waals surface area contributed by atoms with E-state index in [9.17, 15) is 13.9 Å². The van der Waals surface area contributed by atoms with Crippen LogP contribution in [0.2, 0.25) is 0 Å². The number of aliphatic hydroxyl groups is 2. The zero-order chi connectivity index (χ0) is 9.41. The van der Waals surface area contributed by atoms with Crippen LogP contribution in [0.4, 0.5) is 8.78 Å². The number of alkyl halides is 2. The average molecular weight is 179 g/mol. The van der Waals surface area contributed by atoms with Crippen molar-refractivity contribution in [3.8, 4) is 0 Å². The Bertz CT molecular complexity index is 170. The molecular formula is C8H13F2O2. The molecule has 1 fully saturated rings. The molecule has 0 aromatic rings. The number of halogens is 2. The molecule has 0 aliphatic heterocycles. The summed E-state index contributed by atoms with van der Waals surface area (Å²) in [6.07, 6.45) is -0.668. The van der Waals surface area contributed by atoms with Crippen molar-refractivity contribution in [2.45, 2.75) is 44.1 Å². The van der Waals surface area contributed by atoms with Crippen LogP contribution >= 0.6 is 0 Å². The van der Waals surface area contributed by atoms with Gasteiger partial charge in [-0.1, -0.05) is 0 Å².